The van der Waals surface area contributed by atoms with Crippen LogP contribution in [-0.4, -0.2) is 56.1 Å². The predicted molar refractivity (Wildman–Crippen MR) is 117 cm³/mol. The molecule has 7 heteroatoms. The molecule has 2 aromatic carbocycles. The third-order valence-electron chi connectivity index (χ3n) is 6.10. The molecule has 0 radical (unpaired) electrons. The second-order valence-corrected chi connectivity index (χ2v) is 8.10. The van der Waals surface area contributed by atoms with E-state index in [1.807, 2.05) is 35.2 Å². The van der Waals surface area contributed by atoms with E-state index in [4.69, 9.17) is 9.47 Å². The van der Waals surface area contributed by atoms with Gasteiger partial charge < -0.3 is 20.1 Å². The first-order chi connectivity index (χ1) is 15.1. The van der Waals surface area contributed by atoms with Gasteiger partial charge in [0, 0.05) is 37.3 Å². The van der Waals surface area contributed by atoms with Crippen LogP contribution in [0.5, 0.6) is 11.5 Å². The quantitative estimate of drug-likeness (QED) is 0.708. The summed E-state index contributed by atoms with van der Waals surface area (Å²) >= 11 is 0. The van der Waals surface area contributed by atoms with Gasteiger partial charge in [0.2, 0.25) is 11.8 Å². The van der Waals surface area contributed by atoms with Crippen molar-refractivity contribution in [3.05, 3.63) is 59.2 Å². The maximum absolute atomic E-state index is 12.8. The Kier molecular flexibility index (Phi) is 6.42. The van der Waals surface area contributed by atoms with Gasteiger partial charge in [-0.3, -0.25) is 14.5 Å². The SMILES string of the molecule is COc1ccc(CN2CCNC(=O)[C@@H]2CC(=O)NC2Cc3ccccc3C2)c(OC)c1. The molecule has 1 fully saturated rings. The van der Waals surface area contributed by atoms with E-state index in [1.54, 1.807) is 14.2 Å². The number of nitrogens with zero attached hydrogens (tertiary/aromatic N) is 1. The molecule has 0 bridgehead atoms. The van der Waals surface area contributed by atoms with Crippen LogP contribution in [0.25, 0.3) is 0 Å². The molecule has 0 aromatic heterocycles. The first kappa shape index (κ1) is 21.2. The van der Waals surface area contributed by atoms with Crippen LogP contribution in [0.15, 0.2) is 42.5 Å². The van der Waals surface area contributed by atoms with E-state index in [0.717, 1.165) is 18.4 Å². The lowest BCUT2D eigenvalue weighted by molar-refractivity contribution is -0.134. The molecule has 1 atom stereocenters. The van der Waals surface area contributed by atoms with E-state index in [-0.39, 0.29) is 24.3 Å². The average molecular weight is 424 g/mol. The molecular weight excluding hydrogens is 394 g/mol. The smallest absolute Gasteiger partial charge is 0.237 e. The van der Waals surface area contributed by atoms with Crippen LogP contribution in [-0.2, 0) is 29.0 Å². The average Bonchev–Trinajstić information content (AvgIpc) is 3.18. The Bertz CT molecular complexity index is 937. The van der Waals surface area contributed by atoms with Crippen molar-refractivity contribution in [2.24, 2.45) is 0 Å². The second-order valence-electron chi connectivity index (χ2n) is 8.10. The highest BCUT2D eigenvalue weighted by atomic mass is 16.5. The molecule has 0 unspecified atom stereocenters. The van der Waals surface area contributed by atoms with Gasteiger partial charge in [0.05, 0.1) is 26.7 Å². The van der Waals surface area contributed by atoms with Crippen LogP contribution in [0.2, 0.25) is 0 Å². The summed E-state index contributed by atoms with van der Waals surface area (Å²) in [5.41, 5.74) is 3.53. The number of carbonyl (C=O) groups is 2. The van der Waals surface area contributed by atoms with Crippen LogP contribution in [0, 0.1) is 0 Å². The van der Waals surface area contributed by atoms with Crippen LogP contribution >= 0.6 is 0 Å². The van der Waals surface area contributed by atoms with E-state index in [9.17, 15) is 9.59 Å². The molecule has 7 nitrogen and oxygen atoms in total. The Morgan fingerprint density at radius 1 is 1.13 bits per heavy atom. The molecule has 4 rings (SSSR count). The number of methoxy groups -OCH3 is 2. The summed E-state index contributed by atoms with van der Waals surface area (Å²) in [6.07, 6.45) is 1.81. The summed E-state index contributed by atoms with van der Waals surface area (Å²) in [6.45, 7) is 1.76. The largest absolute Gasteiger partial charge is 0.497 e. The number of rotatable bonds is 7. The lowest BCUT2D eigenvalue weighted by Gasteiger charge is -2.35. The van der Waals surface area contributed by atoms with Crippen molar-refractivity contribution in [3.63, 3.8) is 0 Å². The van der Waals surface area contributed by atoms with Gasteiger partial charge in [-0.15, -0.1) is 0 Å². The Hall–Kier alpha value is -3.06. The standard InChI is InChI=1S/C24H29N3O4/c1-30-20-8-7-18(22(13-20)31-2)15-27-10-9-25-24(29)21(27)14-23(28)26-19-11-16-5-3-4-6-17(16)12-19/h3-8,13,19,21H,9-12,14-15H2,1-2H3,(H,25,29)(H,26,28)/t21-/m0/s1. The molecular formula is C24H29N3O4. The summed E-state index contributed by atoms with van der Waals surface area (Å²) in [7, 11) is 3.23. The van der Waals surface area contributed by atoms with Crippen LogP contribution < -0.4 is 20.1 Å². The highest BCUT2D eigenvalue weighted by Crippen LogP contribution is 2.27. The highest BCUT2D eigenvalue weighted by molar-refractivity contribution is 5.89. The summed E-state index contributed by atoms with van der Waals surface area (Å²) in [5, 5.41) is 6.02. The van der Waals surface area contributed by atoms with E-state index in [1.165, 1.54) is 11.1 Å². The van der Waals surface area contributed by atoms with E-state index in [0.29, 0.717) is 31.1 Å². The van der Waals surface area contributed by atoms with Gasteiger partial charge in [0.1, 0.15) is 11.5 Å². The van der Waals surface area contributed by atoms with Gasteiger partial charge in [-0.2, -0.15) is 0 Å². The summed E-state index contributed by atoms with van der Waals surface area (Å²) in [6, 6.07) is 13.5. The Morgan fingerprint density at radius 2 is 1.87 bits per heavy atom. The maximum atomic E-state index is 12.8. The maximum Gasteiger partial charge on any atom is 0.237 e. The second kappa shape index (κ2) is 9.39. The summed E-state index contributed by atoms with van der Waals surface area (Å²) < 4.78 is 10.8. The topological polar surface area (TPSA) is 79.9 Å². The molecule has 0 saturated carbocycles. The van der Waals surface area contributed by atoms with Gasteiger partial charge in [-0.05, 0) is 30.0 Å². The first-order valence-electron chi connectivity index (χ1n) is 10.7. The number of carbonyl (C=O) groups excluding carboxylic acids is 2. The molecule has 0 spiro atoms. The normalized spacial score (nSPS) is 18.9. The monoisotopic (exact) mass is 423 g/mol. The van der Waals surface area contributed by atoms with Gasteiger partial charge in [0.15, 0.2) is 0 Å². The van der Waals surface area contributed by atoms with Crippen molar-refractivity contribution < 1.29 is 19.1 Å². The van der Waals surface area contributed by atoms with Crippen molar-refractivity contribution in [2.75, 3.05) is 27.3 Å². The van der Waals surface area contributed by atoms with E-state index >= 15 is 0 Å². The zero-order valence-electron chi connectivity index (χ0n) is 18.0. The number of ether oxygens (including phenoxy) is 2. The summed E-state index contributed by atoms with van der Waals surface area (Å²) in [5.74, 6) is 1.22. The molecule has 164 valence electrons. The van der Waals surface area contributed by atoms with Crippen LogP contribution in [0.4, 0.5) is 0 Å². The van der Waals surface area contributed by atoms with Crippen molar-refractivity contribution in [1.29, 1.82) is 0 Å². The molecule has 1 heterocycles. The third-order valence-corrected chi connectivity index (χ3v) is 6.10. The number of fused-ring (bicyclic) bond motifs is 1. The van der Waals surface area contributed by atoms with Crippen molar-refractivity contribution in [1.82, 2.24) is 15.5 Å². The van der Waals surface area contributed by atoms with Gasteiger partial charge in [-0.25, -0.2) is 0 Å². The molecule has 2 aromatic rings. The van der Waals surface area contributed by atoms with Gasteiger partial charge in [0.25, 0.3) is 0 Å². The molecule has 2 aliphatic rings. The predicted octanol–water partition coefficient (Wildman–Crippen LogP) is 1.68. The molecule has 31 heavy (non-hydrogen) atoms. The number of hydrogen-bond donors (Lipinski definition) is 2. The van der Waals surface area contributed by atoms with Crippen LogP contribution in [0.3, 0.4) is 0 Å². The third kappa shape index (κ3) is 4.82. The zero-order chi connectivity index (χ0) is 21.8. The summed E-state index contributed by atoms with van der Waals surface area (Å²) in [4.78, 5) is 27.5. The van der Waals surface area contributed by atoms with E-state index in [2.05, 4.69) is 22.8 Å². The van der Waals surface area contributed by atoms with Crippen LogP contribution in [0.1, 0.15) is 23.1 Å². The number of hydrogen-bond acceptors (Lipinski definition) is 5. The first-order valence-corrected chi connectivity index (χ1v) is 10.7. The minimum atomic E-state index is -0.510. The molecule has 2 amide bonds. The zero-order valence-corrected chi connectivity index (χ0v) is 18.0. The minimum Gasteiger partial charge on any atom is -0.497 e. The van der Waals surface area contributed by atoms with Gasteiger partial charge >= 0.3 is 0 Å². The Morgan fingerprint density at radius 3 is 2.55 bits per heavy atom. The van der Waals surface area contributed by atoms with Gasteiger partial charge in [-0.1, -0.05) is 30.3 Å². The minimum absolute atomic E-state index is 0.0895. The Balaban J connectivity index is 1.41. The number of benzene rings is 2. The number of nitrogens with one attached hydrogen (secondary N) is 2. The van der Waals surface area contributed by atoms with Crippen molar-refractivity contribution >= 4 is 11.8 Å². The lowest BCUT2D eigenvalue weighted by atomic mass is 10.1. The lowest BCUT2D eigenvalue weighted by Crippen LogP contribution is -2.56. The molecule has 1 aliphatic heterocycles. The molecule has 1 saturated heterocycles. The van der Waals surface area contributed by atoms with Crippen molar-refractivity contribution in [3.8, 4) is 11.5 Å². The van der Waals surface area contributed by atoms with E-state index < -0.39 is 6.04 Å². The highest BCUT2D eigenvalue weighted by Gasteiger charge is 2.33. The fourth-order valence-electron chi connectivity index (χ4n) is 4.50. The van der Waals surface area contributed by atoms with Crippen molar-refractivity contribution in [2.45, 2.75) is 37.9 Å². The fraction of sp³-hybridized carbons (Fsp3) is 0.417. The molecule has 1 aliphatic carbocycles. The number of piperazine rings is 1. The molecule has 2 N–H and O–H groups in total. The fourth-order valence-corrected chi connectivity index (χ4v) is 4.50. The number of amides is 2. The Labute approximate surface area is 182 Å².